The highest BCUT2D eigenvalue weighted by atomic mass is 32.1. The third-order valence-electron chi connectivity index (χ3n) is 2.97. The topological polar surface area (TPSA) is 24.1 Å². The van der Waals surface area contributed by atoms with Gasteiger partial charge in [-0.05, 0) is 56.1 Å². The maximum Gasteiger partial charge on any atom is 0.124 e. The second kappa shape index (κ2) is 7.58. The van der Waals surface area contributed by atoms with E-state index in [9.17, 15) is 4.39 Å². The molecule has 2 N–H and O–H groups in total. The molecule has 1 aromatic heterocycles. The molecular weight excluding hydrogens is 259 g/mol. The summed E-state index contributed by atoms with van der Waals surface area (Å²) in [5.41, 5.74) is 0. The van der Waals surface area contributed by atoms with Crippen LogP contribution in [0.3, 0.4) is 0 Å². The monoisotopic (exact) mass is 280 g/mol. The second-order valence-corrected chi connectivity index (χ2v) is 5.84. The Morgan fingerprint density at radius 3 is 2.79 bits per heavy atom. The molecule has 0 atom stereocenters. The Morgan fingerprint density at radius 1 is 1.11 bits per heavy atom. The van der Waals surface area contributed by atoms with E-state index in [1.807, 2.05) is 6.07 Å². The summed E-state index contributed by atoms with van der Waals surface area (Å²) in [6.07, 6.45) is 2.32. The first-order valence-electron chi connectivity index (χ1n) is 6.89. The SMILES string of the molecule is CCCNCCCNCc1cc2ccc(F)cc2s1. The number of halogens is 1. The number of hydrogen-bond acceptors (Lipinski definition) is 3. The molecule has 1 aromatic carbocycles. The minimum absolute atomic E-state index is 0.157. The van der Waals surface area contributed by atoms with Crippen LogP contribution in [0, 0.1) is 5.82 Å². The van der Waals surface area contributed by atoms with Crippen LogP contribution in [0.5, 0.6) is 0 Å². The Bertz CT molecular complexity index is 510. The summed E-state index contributed by atoms with van der Waals surface area (Å²) in [6, 6.07) is 7.12. The zero-order valence-corrected chi connectivity index (χ0v) is 12.2. The summed E-state index contributed by atoms with van der Waals surface area (Å²) < 4.78 is 14.1. The van der Waals surface area contributed by atoms with Crippen LogP contribution < -0.4 is 10.6 Å². The van der Waals surface area contributed by atoms with E-state index < -0.39 is 0 Å². The Kier molecular flexibility index (Phi) is 5.76. The van der Waals surface area contributed by atoms with Crippen molar-refractivity contribution < 1.29 is 4.39 Å². The summed E-state index contributed by atoms with van der Waals surface area (Å²) in [6.45, 7) is 6.23. The van der Waals surface area contributed by atoms with Gasteiger partial charge >= 0.3 is 0 Å². The van der Waals surface area contributed by atoms with Crippen molar-refractivity contribution in [3.05, 3.63) is 35.0 Å². The fourth-order valence-corrected chi connectivity index (χ4v) is 3.06. The van der Waals surface area contributed by atoms with Gasteiger partial charge in [0.15, 0.2) is 0 Å². The maximum absolute atomic E-state index is 13.1. The summed E-state index contributed by atoms with van der Waals surface area (Å²) >= 11 is 1.67. The van der Waals surface area contributed by atoms with Crippen molar-refractivity contribution in [3.8, 4) is 0 Å². The quantitative estimate of drug-likeness (QED) is 0.723. The molecule has 0 unspecified atom stereocenters. The minimum atomic E-state index is -0.157. The number of fused-ring (bicyclic) bond motifs is 1. The van der Waals surface area contributed by atoms with Crippen LogP contribution in [0.4, 0.5) is 4.39 Å². The van der Waals surface area contributed by atoms with Crippen LogP contribution in [-0.2, 0) is 6.54 Å². The van der Waals surface area contributed by atoms with Crippen molar-refractivity contribution in [1.29, 1.82) is 0 Å². The fourth-order valence-electron chi connectivity index (χ4n) is 2.00. The molecule has 2 rings (SSSR count). The van der Waals surface area contributed by atoms with Gasteiger partial charge in [-0.25, -0.2) is 4.39 Å². The predicted octanol–water partition coefficient (Wildman–Crippen LogP) is 3.52. The third kappa shape index (κ3) is 4.56. The van der Waals surface area contributed by atoms with E-state index >= 15 is 0 Å². The van der Waals surface area contributed by atoms with Gasteiger partial charge in [0.25, 0.3) is 0 Å². The first kappa shape index (κ1) is 14.4. The third-order valence-corrected chi connectivity index (χ3v) is 4.06. The van der Waals surface area contributed by atoms with E-state index in [0.717, 1.165) is 42.7 Å². The van der Waals surface area contributed by atoms with Crippen molar-refractivity contribution in [2.24, 2.45) is 0 Å². The lowest BCUT2D eigenvalue weighted by Crippen LogP contribution is -2.21. The van der Waals surface area contributed by atoms with Crippen LogP contribution in [0.25, 0.3) is 10.1 Å². The summed E-state index contributed by atoms with van der Waals surface area (Å²) in [4.78, 5) is 1.27. The highest BCUT2D eigenvalue weighted by molar-refractivity contribution is 7.19. The van der Waals surface area contributed by atoms with Gasteiger partial charge in [-0.1, -0.05) is 13.0 Å². The number of hydrogen-bond donors (Lipinski definition) is 2. The molecule has 0 bridgehead atoms. The van der Waals surface area contributed by atoms with Gasteiger partial charge in [0.1, 0.15) is 5.82 Å². The zero-order valence-electron chi connectivity index (χ0n) is 11.3. The van der Waals surface area contributed by atoms with Gasteiger partial charge < -0.3 is 10.6 Å². The minimum Gasteiger partial charge on any atom is -0.317 e. The van der Waals surface area contributed by atoms with E-state index in [4.69, 9.17) is 0 Å². The van der Waals surface area contributed by atoms with Crippen LogP contribution in [0.2, 0.25) is 0 Å². The summed E-state index contributed by atoms with van der Waals surface area (Å²) in [5.74, 6) is -0.157. The second-order valence-electron chi connectivity index (χ2n) is 4.68. The molecule has 0 aliphatic heterocycles. The van der Waals surface area contributed by atoms with Crippen molar-refractivity contribution in [2.75, 3.05) is 19.6 Å². The molecule has 4 heteroatoms. The molecule has 0 aliphatic carbocycles. The van der Waals surface area contributed by atoms with Crippen LogP contribution in [0.15, 0.2) is 24.3 Å². The molecule has 19 heavy (non-hydrogen) atoms. The standard InChI is InChI=1S/C15H21FN2S/c1-2-6-17-7-3-8-18-11-14-9-12-4-5-13(16)10-15(12)19-14/h4-5,9-10,17-18H,2-3,6-8,11H2,1H3. The van der Waals surface area contributed by atoms with Crippen LogP contribution >= 0.6 is 11.3 Å². The molecular formula is C15H21FN2S. The molecule has 0 aliphatic rings. The molecule has 104 valence electrons. The summed E-state index contributed by atoms with van der Waals surface area (Å²) in [7, 11) is 0. The molecule has 0 fully saturated rings. The van der Waals surface area contributed by atoms with Crippen molar-refractivity contribution in [3.63, 3.8) is 0 Å². The lowest BCUT2D eigenvalue weighted by atomic mass is 10.2. The smallest absolute Gasteiger partial charge is 0.124 e. The predicted molar refractivity (Wildman–Crippen MR) is 81.3 cm³/mol. The lowest BCUT2D eigenvalue weighted by molar-refractivity contribution is 0.594. The number of thiophene rings is 1. The van der Waals surface area contributed by atoms with E-state index in [2.05, 4.69) is 23.6 Å². The normalized spacial score (nSPS) is 11.3. The Balaban J connectivity index is 1.72. The molecule has 1 heterocycles. The molecule has 0 saturated heterocycles. The molecule has 2 nitrogen and oxygen atoms in total. The Hall–Kier alpha value is -0.970. The maximum atomic E-state index is 13.1. The average molecular weight is 280 g/mol. The van der Waals surface area contributed by atoms with Gasteiger partial charge in [-0.2, -0.15) is 0 Å². The van der Waals surface area contributed by atoms with E-state index in [0.29, 0.717) is 0 Å². The highest BCUT2D eigenvalue weighted by Crippen LogP contribution is 2.26. The Morgan fingerprint density at radius 2 is 1.95 bits per heavy atom. The van der Waals surface area contributed by atoms with Gasteiger partial charge in [-0.15, -0.1) is 11.3 Å². The van der Waals surface area contributed by atoms with Gasteiger partial charge in [0, 0.05) is 16.1 Å². The molecule has 0 saturated carbocycles. The van der Waals surface area contributed by atoms with Crippen molar-refractivity contribution in [1.82, 2.24) is 10.6 Å². The van der Waals surface area contributed by atoms with Gasteiger partial charge in [0.05, 0.1) is 0 Å². The molecule has 0 radical (unpaired) electrons. The van der Waals surface area contributed by atoms with E-state index in [1.165, 1.54) is 17.4 Å². The summed E-state index contributed by atoms with van der Waals surface area (Å²) in [5, 5.41) is 7.95. The van der Waals surface area contributed by atoms with Crippen molar-refractivity contribution >= 4 is 21.4 Å². The lowest BCUT2D eigenvalue weighted by Gasteiger charge is -2.04. The first-order chi connectivity index (χ1) is 9.29. The van der Waals surface area contributed by atoms with Crippen molar-refractivity contribution in [2.45, 2.75) is 26.3 Å². The number of nitrogens with one attached hydrogen (secondary N) is 2. The largest absolute Gasteiger partial charge is 0.317 e. The molecule has 2 aromatic rings. The number of benzene rings is 1. The zero-order chi connectivity index (χ0) is 13.5. The number of rotatable bonds is 8. The fraction of sp³-hybridized carbons (Fsp3) is 0.467. The molecule has 0 amide bonds. The van der Waals surface area contributed by atoms with Gasteiger partial charge in [-0.3, -0.25) is 0 Å². The Labute approximate surface area is 118 Å². The average Bonchev–Trinajstić information content (AvgIpc) is 2.79. The van der Waals surface area contributed by atoms with E-state index in [-0.39, 0.29) is 5.82 Å². The highest BCUT2D eigenvalue weighted by Gasteiger charge is 2.02. The van der Waals surface area contributed by atoms with Crippen LogP contribution in [-0.4, -0.2) is 19.6 Å². The first-order valence-corrected chi connectivity index (χ1v) is 7.70. The van der Waals surface area contributed by atoms with Crippen LogP contribution in [0.1, 0.15) is 24.6 Å². The van der Waals surface area contributed by atoms with Gasteiger partial charge in [0.2, 0.25) is 0 Å². The molecule has 0 spiro atoms. The van der Waals surface area contributed by atoms with E-state index in [1.54, 1.807) is 17.4 Å².